The molecule has 90 valence electrons. The van der Waals surface area contributed by atoms with Crippen molar-refractivity contribution in [2.24, 2.45) is 0 Å². The highest BCUT2D eigenvalue weighted by atomic mass is 16.6. The van der Waals surface area contributed by atoms with E-state index < -0.39 is 23.6 Å². The van der Waals surface area contributed by atoms with Crippen LogP contribution in [-0.2, 0) is 14.3 Å². The predicted molar refractivity (Wildman–Crippen MR) is 55.5 cm³/mol. The molecule has 0 aromatic carbocycles. The van der Waals surface area contributed by atoms with Crippen molar-refractivity contribution in [1.82, 2.24) is 10.6 Å². The van der Waals surface area contributed by atoms with Crippen LogP contribution in [0.4, 0.5) is 4.79 Å². The lowest BCUT2D eigenvalue weighted by molar-refractivity contribution is -0.157. The number of carbonyl (C=O) groups is 3. The topological polar surface area (TPSA) is 84.5 Å². The lowest BCUT2D eigenvalue weighted by atomic mass is 10.1. The van der Waals surface area contributed by atoms with E-state index in [-0.39, 0.29) is 18.7 Å². The van der Waals surface area contributed by atoms with Crippen LogP contribution in [0, 0.1) is 0 Å². The van der Waals surface area contributed by atoms with Crippen LogP contribution in [0.2, 0.25) is 0 Å². The predicted octanol–water partition coefficient (Wildman–Crippen LogP) is 0.316. The number of urea groups is 1. The second-order valence-electron chi connectivity index (χ2n) is 4.65. The number of carbonyl (C=O) groups excluding carboxylic acids is 3. The molecular weight excluding hydrogens is 212 g/mol. The molecule has 0 saturated carbocycles. The van der Waals surface area contributed by atoms with Crippen molar-refractivity contribution in [1.29, 1.82) is 0 Å². The van der Waals surface area contributed by atoms with Crippen LogP contribution in [-0.4, -0.2) is 29.6 Å². The Morgan fingerprint density at radius 2 is 2.00 bits per heavy atom. The van der Waals surface area contributed by atoms with Crippen LogP contribution in [0.5, 0.6) is 0 Å². The zero-order chi connectivity index (χ0) is 12.3. The molecule has 0 aliphatic carbocycles. The summed E-state index contributed by atoms with van der Waals surface area (Å²) in [6, 6.07) is -1.41. The fourth-order valence-electron chi connectivity index (χ4n) is 1.28. The molecule has 1 aliphatic heterocycles. The fraction of sp³-hybridized carbons (Fsp3) is 0.700. The summed E-state index contributed by atoms with van der Waals surface area (Å²) in [5.74, 6) is -0.902. The normalized spacial score (nSPS) is 21.8. The largest absolute Gasteiger partial charge is 0.458 e. The van der Waals surface area contributed by atoms with Crippen molar-refractivity contribution in [3.05, 3.63) is 0 Å². The van der Waals surface area contributed by atoms with Crippen LogP contribution in [0.3, 0.4) is 0 Å². The number of amides is 3. The van der Waals surface area contributed by atoms with Crippen LogP contribution in [0.1, 0.15) is 33.6 Å². The maximum absolute atomic E-state index is 11.6. The lowest BCUT2D eigenvalue weighted by Crippen LogP contribution is -2.46. The lowest BCUT2D eigenvalue weighted by Gasteiger charge is -2.23. The average molecular weight is 228 g/mol. The van der Waals surface area contributed by atoms with E-state index in [4.69, 9.17) is 4.74 Å². The second kappa shape index (κ2) is 4.51. The number of ether oxygens (including phenoxy) is 1. The third kappa shape index (κ3) is 3.88. The van der Waals surface area contributed by atoms with Crippen molar-refractivity contribution in [3.63, 3.8) is 0 Å². The standard InChI is InChI=1S/C10H16N2O4/c1-10(2,3)16-8(14)6-4-5-7(13)12-9(15)11-6/h6H,4-5H2,1-3H3,(H2,11,12,13,15). The average Bonchev–Trinajstić information content (AvgIpc) is 2.23. The van der Waals surface area contributed by atoms with Gasteiger partial charge in [0.15, 0.2) is 0 Å². The van der Waals surface area contributed by atoms with Crippen LogP contribution in [0.25, 0.3) is 0 Å². The van der Waals surface area contributed by atoms with E-state index in [9.17, 15) is 14.4 Å². The van der Waals surface area contributed by atoms with E-state index in [1.54, 1.807) is 20.8 Å². The Labute approximate surface area is 93.7 Å². The van der Waals surface area contributed by atoms with E-state index in [2.05, 4.69) is 10.6 Å². The van der Waals surface area contributed by atoms with Crippen LogP contribution < -0.4 is 10.6 Å². The van der Waals surface area contributed by atoms with Gasteiger partial charge in [-0.1, -0.05) is 0 Å². The summed E-state index contributed by atoms with van der Waals surface area (Å²) in [5, 5.41) is 4.48. The molecule has 0 radical (unpaired) electrons. The molecule has 1 fully saturated rings. The Morgan fingerprint density at radius 3 is 2.56 bits per heavy atom. The number of nitrogens with one attached hydrogen (secondary N) is 2. The molecular formula is C10H16N2O4. The quantitative estimate of drug-likeness (QED) is 0.633. The van der Waals surface area contributed by atoms with E-state index >= 15 is 0 Å². The second-order valence-corrected chi connectivity index (χ2v) is 4.65. The minimum Gasteiger partial charge on any atom is -0.458 e. The molecule has 0 aromatic heterocycles. The third-order valence-electron chi connectivity index (χ3n) is 1.91. The monoisotopic (exact) mass is 228 g/mol. The zero-order valence-electron chi connectivity index (χ0n) is 9.62. The number of imide groups is 1. The van der Waals surface area contributed by atoms with Crippen LogP contribution >= 0.6 is 0 Å². The highest BCUT2D eigenvalue weighted by Crippen LogP contribution is 2.11. The molecule has 1 unspecified atom stereocenters. The molecule has 16 heavy (non-hydrogen) atoms. The van der Waals surface area contributed by atoms with Gasteiger partial charge in [0, 0.05) is 6.42 Å². The molecule has 1 saturated heterocycles. The molecule has 0 aromatic rings. The molecule has 1 atom stereocenters. The third-order valence-corrected chi connectivity index (χ3v) is 1.91. The molecule has 3 amide bonds. The smallest absolute Gasteiger partial charge is 0.329 e. The highest BCUT2D eigenvalue weighted by molar-refractivity contribution is 5.97. The van der Waals surface area contributed by atoms with Gasteiger partial charge < -0.3 is 10.1 Å². The van der Waals surface area contributed by atoms with Crippen molar-refractivity contribution < 1.29 is 19.1 Å². The van der Waals surface area contributed by atoms with Crippen molar-refractivity contribution >= 4 is 17.9 Å². The maximum Gasteiger partial charge on any atom is 0.329 e. The Kier molecular flexibility index (Phi) is 3.51. The first-order chi connectivity index (χ1) is 7.28. The summed E-state index contributed by atoms with van der Waals surface area (Å²) in [4.78, 5) is 33.8. The van der Waals surface area contributed by atoms with Gasteiger partial charge in [-0.2, -0.15) is 0 Å². The SMILES string of the molecule is CC(C)(C)OC(=O)C1CCC(=O)NC(=O)N1. The summed E-state index contributed by atoms with van der Waals surface area (Å²) < 4.78 is 5.12. The van der Waals surface area contributed by atoms with Gasteiger partial charge in [0.2, 0.25) is 5.91 Å². The number of hydrogen-bond acceptors (Lipinski definition) is 4. The summed E-state index contributed by atoms with van der Waals surface area (Å²) in [6.07, 6.45) is 0.384. The van der Waals surface area contributed by atoms with Gasteiger partial charge in [0.05, 0.1) is 0 Å². The number of hydrogen-bond donors (Lipinski definition) is 2. The van der Waals surface area contributed by atoms with E-state index in [1.807, 2.05) is 0 Å². The maximum atomic E-state index is 11.6. The Balaban J connectivity index is 2.62. The first kappa shape index (κ1) is 12.5. The molecule has 6 nitrogen and oxygen atoms in total. The summed E-state index contributed by atoms with van der Waals surface area (Å²) in [5.41, 5.74) is -0.606. The van der Waals surface area contributed by atoms with E-state index in [0.29, 0.717) is 0 Å². The first-order valence-electron chi connectivity index (χ1n) is 5.11. The molecule has 2 N–H and O–H groups in total. The molecule has 0 bridgehead atoms. The fourth-order valence-corrected chi connectivity index (χ4v) is 1.28. The number of esters is 1. The molecule has 0 spiro atoms. The number of rotatable bonds is 1. The molecule has 1 heterocycles. The molecule has 6 heteroatoms. The van der Waals surface area contributed by atoms with Gasteiger partial charge in [0.25, 0.3) is 0 Å². The van der Waals surface area contributed by atoms with E-state index in [1.165, 1.54) is 0 Å². The summed E-state index contributed by atoms with van der Waals surface area (Å²) in [6.45, 7) is 5.23. The van der Waals surface area contributed by atoms with Gasteiger partial charge in [-0.05, 0) is 27.2 Å². The van der Waals surface area contributed by atoms with Crippen molar-refractivity contribution in [2.45, 2.75) is 45.3 Å². The summed E-state index contributed by atoms with van der Waals surface area (Å²) >= 11 is 0. The van der Waals surface area contributed by atoms with Gasteiger partial charge in [-0.15, -0.1) is 0 Å². The van der Waals surface area contributed by atoms with Gasteiger partial charge in [-0.3, -0.25) is 10.1 Å². The van der Waals surface area contributed by atoms with Crippen LogP contribution in [0.15, 0.2) is 0 Å². The summed E-state index contributed by atoms with van der Waals surface area (Å²) in [7, 11) is 0. The van der Waals surface area contributed by atoms with Gasteiger partial charge in [0.1, 0.15) is 11.6 Å². The molecule has 1 aliphatic rings. The van der Waals surface area contributed by atoms with E-state index in [0.717, 1.165) is 0 Å². The minimum atomic E-state index is -0.759. The Hall–Kier alpha value is -1.59. The minimum absolute atomic E-state index is 0.128. The zero-order valence-corrected chi connectivity index (χ0v) is 9.62. The van der Waals surface area contributed by atoms with Crippen molar-refractivity contribution in [2.75, 3.05) is 0 Å². The van der Waals surface area contributed by atoms with Gasteiger partial charge in [-0.25, -0.2) is 9.59 Å². The Morgan fingerprint density at radius 1 is 1.38 bits per heavy atom. The van der Waals surface area contributed by atoms with Gasteiger partial charge >= 0.3 is 12.0 Å². The van der Waals surface area contributed by atoms with Crippen molar-refractivity contribution in [3.8, 4) is 0 Å². The Bertz CT molecular complexity index is 319. The molecule has 1 rings (SSSR count). The highest BCUT2D eigenvalue weighted by Gasteiger charge is 2.29. The first-order valence-corrected chi connectivity index (χ1v) is 5.11.